The maximum absolute atomic E-state index is 12.9. The van der Waals surface area contributed by atoms with Gasteiger partial charge in [0, 0.05) is 12.6 Å². The monoisotopic (exact) mass is 384 g/mol. The molecule has 1 aliphatic rings. The summed E-state index contributed by atoms with van der Waals surface area (Å²) in [7, 11) is 0. The van der Waals surface area contributed by atoms with Crippen molar-refractivity contribution in [2.24, 2.45) is 0 Å². The van der Waals surface area contributed by atoms with Crippen molar-refractivity contribution >= 4 is 46.3 Å². The van der Waals surface area contributed by atoms with Crippen LogP contribution in [0, 0.1) is 0 Å². The summed E-state index contributed by atoms with van der Waals surface area (Å²) >= 11 is 6.18. The number of halogens is 1. The number of anilines is 2. The van der Waals surface area contributed by atoms with E-state index in [0.717, 1.165) is 4.90 Å². The lowest BCUT2D eigenvalue weighted by Gasteiger charge is -2.15. The SMILES string of the molecule is CCOc1ccc(C2=C(Cl)C(=O)N(c3ccc(NC(C)=O)cc3)C2=O)cc1. The quantitative estimate of drug-likeness (QED) is 0.799. The Morgan fingerprint density at radius 1 is 1.04 bits per heavy atom. The molecule has 27 heavy (non-hydrogen) atoms. The second kappa shape index (κ2) is 7.63. The zero-order chi connectivity index (χ0) is 19.6. The van der Waals surface area contributed by atoms with Gasteiger partial charge in [-0.1, -0.05) is 23.7 Å². The molecule has 6 nitrogen and oxygen atoms in total. The lowest BCUT2D eigenvalue weighted by molar-refractivity contribution is -0.120. The van der Waals surface area contributed by atoms with Gasteiger partial charge in [0.2, 0.25) is 5.91 Å². The van der Waals surface area contributed by atoms with E-state index in [1.165, 1.54) is 6.92 Å². The van der Waals surface area contributed by atoms with E-state index in [2.05, 4.69) is 5.32 Å². The van der Waals surface area contributed by atoms with Gasteiger partial charge in [0.15, 0.2) is 0 Å². The summed E-state index contributed by atoms with van der Waals surface area (Å²) in [5.41, 5.74) is 1.63. The Hall–Kier alpha value is -3.12. The van der Waals surface area contributed by atoms with Crippen LogP contribution in [-0.4, -0.2) is 24.3 Å². The van der Waals surface area contributed by atoms with Crippen molar-refractivity contribution in [2.45, 2.75) is 13.8 Å². The molecule has 3 rings (SSSR count). The molecule has 0 radical (unpaired) electrons. The predicted octanol–water partition coefficient (Wildman–Crippen LogP) is 3.57. The molecule has 1 N–H and O–H groups in total. The second-order valence-electron chi connectivity index (χ2n) is 5.82. The number of hydrogen-bond donors (Lipinski definition) is 1. The number of carbonyl (C=O) groups excluding carboxylic acids is 3. The van der Waals surface area contributed by atoms with Crippen LogP contribution in [0.4, 0.5) is 11.4 Å². The van der Waals surface area contributed by atoms with Gasteiger partial charge in [-0.05, 0) is 48.9 Å². The first kappa shape index (κ1) is 18.7. The fraction of sp³-hybridized carbons (Fsp3) is 0.150. The van der Waals surface area contributed by atoms with Crippen molar-refractivity contribution in [3.63, 3.8) is 0 Å². The Kier molecular flexibility index (Phi) is 5.28. The zero-order valence-electron chi connectivity index (χ0n) is 14.8. The van der Waals surface area contributed by atoms with E-state index in [1.54, 1.807) is 48.5 Å². The minimum atomic E-state index is -0.585. The van der Waals surface area contributed by atoms with Gasteiger partial charge in [0.25, 0.3) is 11.8 Å². The lowest BCUT2D eigenvalue weighted by Crippen LogP contribution is -2.31. The van der Waals surface area contributed by atoms with Crippen LogP contribution >= 0.6 is 11.6 Å². The third-order valence-corrected chi connectivity index (χ3v) is 4.28. The molecule has 0 bridgehead atoms. The van der Waals surface area contributed by atoms with Crippen LogP contribution in [-0.2, 0) is 14.4 Å². The zero-order valence-corrected chi connectivity index (χ0v) is 15.5. The predicted molar refractivity (Wildman–Crippen MR) is 104 cm³/mol. The van der Waals surface area contributed by atoms with Crippen molar-refractivity contribution in [1.82, 2.24) is 0 Å². The third-order valence-electron chi connectivity index (χ3n) is 3.93. The van der Waals surface area contributed by atoms with Crippen LogP contribution < -0.4 is 15.0 Å². The third kappa shape index (κ3) is 3.71. The summed E-state index contributed by atoms with van der Waals surface area (Å²) in [6.45, 7) is 3.80. The normalized spacial score (nSPS) is 14.0. The fourth-order valence-corrected chi connectivity index (χ4v) is 3.04. The number of imide groups is 1. The molecule has 7 heteroatoms. The summed E-state index contributed by atoms with van der Waals surface area (Å²) in [5, 5.41) is 2.50. The summed E-state index contributed by atoms with van der Waals surface area (Å²) in [4.78, 5) is 37.5. The van der Waals surface area contributed by atoms with Crippen LogP contribution in [0.5, 0.6) is 5.75 Å². The number of hydrogen-bond acceptors (Lipinski definition) is 4. The lowest BCUT2D eigenvalue weighted by atomic mass is 10.1. The summed E-state index contributed by atoms with van der Waals surface area (Å²) in [6.07, 6.45) is 0. The summed E-state index contributed by atoms with van der Waals surface area (Å²) < 4.78 is 5.39. The number of amides is 3. The van der Waals surface area contributed by atoms with Crippen molar-refractivity contribution in [3.8, 4) is 5.75 Å². The first-order chi connectivity index (χ1) is 12.9. The summed E-state index contributed by atoms with van der Waals surface area (Å²) in [6, 6.07) is 13.2. The molecule has 2 aromatic rings. The minimum Gasteiger partial charge on any atom is -0.494 e. The molecule has 3 amide bonds. The Bertz CT molecular complexity index is 933. The molecule has 1 aliphatic heterocycles. The first-order valence-corrected chi connectivity index (χ1v) is 8.69. The van der Waals surface area contributed by atoms with Crippen molar-refractivity contribution < 1.29 is 19.1 Å². The standard InChI is InChI=1S/C20H17ClN2O4/c1-3-27-16-10-4-13(5-11-16)17-18(21)20(26)23(19(17)25)15-8-6-14(7-9-15)22-12(2)24/h4-11H,3H2,1-2H3,(H,22,24). The summed E-state index contributed by atoms with van der Waals surface area (Å²) in [5.74, 6) is -0.627. The van der Waals surface area contributed by atoms with Gasteiger partial charge in [0.1, 0.15) is 10.8 Å². The van der Waals surface area contributed by atoms with E-state index in [4.69, 9.17) is 16.3 Å². The number of carbonyl (C=O) groups is 3. The average Bonchev–Trinajstić information content (AvgIpc) is 2.86. The smallest absolute Gasteiger partial charge is 0.277 e. The molecule has 0 spiro atoms. The maximum atomic E-state index is 12.9. The molecule has 0 saturated carbocycles. The maximum Gasteiger partial charge on any atom is 0.277 e. The van der Waals surface area contributed by atoms with Gasteiger partial charge in [-0.15, -0.1) is 0 Å². The molecule has 2 aromatic carbocycles. The number of benzene rings is 2. The van der Waals surface area contributed by atoms with Crippen LogP contribution in [0.25, 0.3) is 5.57 Å². The highest BCUT2D eigenvalue weighted by molar-refractivity contribution is 6.60. The van der Waals surface area contributed by atoms with Crippen LogP contribution in [0.1, 0.15) is 19.4 Å². The van der Waals surface area contributed by atoms with Gasteiger partial charge in [-0.2, -0.15) is 0 Å². The molecule has 1 heterocycles. The van der Waals surface area contributed by atoms with Crippen LogP contribution in [0.2, 0.25) is 0 Å². The molecule has 0 fully saturated rings. The van der Waals surface area contributed by atoms with Crippen molar-refractivity contribution in [2.75, 3.05) is 16.8 Å². The van der Waals surface area contributed by atoms with Gasteiger partial charge in [-0.25, -0.2) is 4.90 Å². The largest absolute Gasteiger partial charge is 0.494 e. The van der Waals surface area contributed by atoms with E-state index >= 15 is 0 Å². The van der Waals surface area contributed by atoms with Gasteiger partial charge in [-0.3, -0.25) is 14.4 Å². The van der Waals surface area contributed by atoms with E-state index in [-0.39, 0.29) is 16.5 Å². The van der Waals surface area contributed by atoms with E-state index in [9.17, 15) is 14.4 Å². The molecule has 0 aromatic heterocycles. The minimum absolute atomic E-state index is 0.130. The fourth-order valence-electron chi connectivity index (χ4n) is 2.77. The Morgan fingerprint density at radius 2 is 1.67 bits per heavy atom. The Labute approximate surface area is 161 Å². The van der Waals surface area contributed by atoms with Gasteiger partial charge < -0.3 is 10.1 Å². The van der Waals surface area contributed by atoms with Gasteiger partial charge >= 0.3 is 0 Å². The second-order valence-corrected chi connectivity index (χ2v) is 6.20. The number of nitrogens with zero attached hydrogens (tertiary/aromatic N) is 1. The molecule has 0 aliphatic carbocycles. The highest BCUT2D eigenvalue weighted by Gasteiger charge is 2.39. The first-order valence-electron chi connectivity index (χ1n) is 8.31. The molecular weight excluding hydrogens is 368 g/mol. The topological polar surface area (TPSA) is 75.7 Å². The van der Waals surface area contributed by atoms with Crippen molar-refractivity contribution in [3.05, 3.63) is 59.1 Å². The van der Waals surface area contributed by atoms with Crippen molar-refractivity contribution in [1.29, 1.82) is 0 Å². The van der Waals surface area contributed by atoms with Gasteiger partial charge in [0.05, 0.1) is 17.9 Å². The highest BCUT2D eigenvalue weighted by atomic mass is 35.5. The number of nitrogens with one attached hydrogen (secondary N) is 1. The molecule has 0 atom stereocenters. The van der Waals surface area contributed by atoms with Crippen LogP contribution in [0.3, 0.4) is 0 Å². The molecular formula is C20H17ClN2O4. The average molecular weight is 385 g/mol. The Morgan fingerprint density at radius 3 is 2.22 bits per heavy atom. The van der Waals surface area contributed by atoms with E-state index < -0.39 is 11.8 Å². The number of rotatable bonds is 5. The molecule has 138 valence electrons. The number of ether oxygens (including phenoxy) is 1. The van der Waals surface area contributed by atoms with Crippen LogP contribution in [0.15, 0.2) is 53.6 Å². The van der Waals surface area contributed by atoms with E-state index in [1.807, 2.05) is 6.92 Å². The Balaban J connectivity index is 1.88. The van der Waals surface area contributed by atoms with E-state index in [0.29, 0.717) is 29.3 Å². The highest BCUT2D eigenvalue weighted by Crippen LogP contribution is 2.35. The molecule has 0 saturated heterocycles. The molecule has 0 unspecified atom stereocenters.